The third-order valence-corrected chi connectivity index (χ3v) is 2.18. The molecule has 0 amide bonds. The van der Waals surface area contributed by atoms with Crippen LogP contribution in [-0.4, -0.2) is 5.11 Å². The van der Waals surface area contributed by atoms with Crippen LogP contribution in [0.2, 0.25) is 0 Å². The lowest BCUT2D eigenvalue weighted by Crippen LogP contribution is -1.92. The zero-order chi connectivity index (χ0) is 11.7. The molecule has 0 bridgehead atoms. The van der Waals surface area contributed by atoms with Crippen LogP contribution in [-0.2, 0) is 0 Å². The van der Waals surface area contributed by atoms with Gasteiger partial charge in [-0.1, -0.05) is 18.2 Å². The van der Waals surface area contributed by atoms with Crippen LogP contribution >= 0.6 is 0 Å². The Balaban J connectivity index is 2.70. The molecule has 0 unspecified atom stereocenters. The summed E-state index contributed by atoms with van der Waals surface area (Å²) in [5.41, 5.74) is -0.433. The third-order valence-electron chi connectivity index (χ3n) is 2.18. The molecule has 0 saturated heterocycles. The number of aromatic hydroxyl groups is 1. The molecule has 0 spiro atoms. The summed E-state index contributed by atoms with van der Waals surface area (Å²) in [4.78, 5) is 0. The molecule has 2 aromatic rings. The van der Waals surface area contributed by atoms with E-state index in [0.29, 0.717) is 12.1 Å². The average Bonchev–Trinajstić information content (AvgIpc) is 2.19. The lowest BCUT2D eigenvalue weighted by Gasteiger charge is -2.07. The van der Waals surface area contributed by atoms with Crippen LogP contribution in [0.4, 0.5) is 13.2 Å². The Bertz CT molecular complexity index is 515. The molecule has 0 radical (unpaired) electrons. The van der Waals surface area contributed by atoms with Gasteiger partial charge < -0.3 is 5.11 Å². The lowest BCUT2D eigenvalue weighted by atomic mass is 10.0. The molecule has 0 aliphatic rings. The Hall–Kier alpha value is -1.97. The van der Waals surface area contributed by atoms with Gasteiger partial charge >= 0.3 is 0 Å². The van der Waals surface area contributed by atoms with Crippen molar-refractivity contribution in [2.24, 2.45) is 0 Å². The summed E-state index contributed by atoms with van der Waals surface area (Å²) in [5.74, 6) is -3.33. The van der Waals surface area contributed by atoms with Crippen LogP contribution in [0.15, 0.2) is 36.4 Å². The van der Waals surface area contributed by atoms with E-state index in [1.54, 1.807) is 0 Å². The number of phenols is 1. The number of rotatable bonds is 1. The topological polar surface area (TPSA) is 20.2 Å². The van der Waals surface area contributed by atoms with Crippen molar-refractivity contribution in [1.29, 1.82) is 0 Å². The van der Waals surface area contributed by atoms with E-state index in [2.05, 4.69) is 0 Å². The van der Waals surface area contributed by atoms with Gasteiger partial charge in [0.05, 0.1) is 5.56 Å². The van der Waals surface area contributed by atoms with Crippen molar-refractivity contribution in [2.75, 3.05) is 0 Å². The second kappa shape index (κ2) is 3.89. The van der Waals surface area contributed by atoms with Gasteiger partial charge in [-0.05, 0) is 6.07 Å². The highest BCUT2D eigenvalue weighted by Gasteiger charge is 2.15. The van der Waals surface area contributed by atoms with Gasteiger partial charge in [-0.25, -0.2) is 13.2 Å². The fourth-order valence-corrected chi connectivity index (χ4v) is 1.48. The number of benzene rings is 2. The molecule has 0 aliphatic heterocycles. The largest absolute Gasteiger partial charge is 0.507 e. The van der Waals surface area contributed by atoms with Crippen molar-refractivity contribution in [1.82, 2.24) is 0 Å². The van der Waals surface area contributed by atoms with Crippen molar-refractivity contribution in [3.8, 4) is 16.9 Å². The molecule has 0 aromatic heterocycles. The van der Waals surface area contributed by atoms with E-state index < -0.39 is 23.0 Å². The van der Waals surface area contributed by atoms with Gasteiger partial charge in [-0.3, -0.25) is 0 Å². The van der Waals surface area contributed by atoms with Gasteiger partial charge in [-0.15, -0.1) is 0 Å². The van der Waals surface area contributed by atoms with E-state index in [9.17, 15) is 18.3 Å². The van der Waals surface area contributed by atoms with Crippen LogP contribution in [0.5, 0.6) is 5.75 Å². The van der Waals surface area contributed by atoms with Crippen LogP contribution < -0.4 is 0 Å². The molecule has 82 valence electrons. The molecule has 0 saturated carbocycles. The molecule has 2 rings (SSSR count). The van der Waals surface area contributed by atoms with Crippen molar-refractivity contribution < 1.29 is 18.3 Å². The molecular weight excluding hydrogens is 217 g/mol. The van der Waals surface area contributed by atoms with Crippen LogP contribution in [0.1, 0.15) is 0 Å². The summed E-state index contributed by atoms with van der Waals surface area (Å²) in [5, 5.41) is 9.46. The van der Waals surface area contributed by atoms with E-state index in [4.69, 9.17) is 0 Å². The van der Waals surface area contributed by atoms with Gasteiger partial charge in [0.15, 0.2) is 0 Å². The summed E-state index contributed by atoms with van der Waals surface area (Å²) < 4.78 is 39.5. The van der Waals surface area contributed by atoms with Gasteiger partial charge in [0.1, 0.15) is 23.2 Å². The predicted octanol–water partition coefficient (Wildman–Crippen LogP) is 3.48. The summed E-state index contributed by atoms with van der Waals surface area (Å²) in [6.07, 6.45) is 0. The van der Waals surface area contributed by atoms with Gasteiger partial charge in [0.2, 0.25) is 0 Å². The Morgan fingerprint density at radius 1 is 0.875 bits per heavy atom. The highest BCUT2D eigenvalue weighted by Crippen LogP contribution is 2.33. The average molecular weight is 224 g/mol. The first-order chi connectivity index (χ1) is 7.59. The van der Waals surface area contributed by atoms with Gasteiger partial charge in [0.25, 0.3) is 0 Å². The van der Waals surface area contributed by atoms with E-state index in [-0.39, 0.29) is 11.3 Å². The summed E-state index contributed by atoms with van der Waals surface area (Å²) >= 11 is 0. The monoisotopic (exact) mass is 224 g/mol. The number of phenolic OH excluding ortho intramolecular Hbond substituents is 1. The first-order valence-corrected chi connectivity index (χ1v) is 4.52. The Labute approximate surface area is 89.8 Å². The van der Waals surface area contributed by atoms with E-state index in [0.717, 1.165) is 0 Å². The minimum atomic E-state index is -1.04. The van der Waals surface area contributed by atoms with Crippen molar-refractivity contribution in [2.45, 2.75) is 0 Å². The molecule has 4 heteroatoms. The molecule has 0 heterocycles. The standard InChI is InChI=1S/C12H7F3O/c13-7-5-9(14)12(10(15)6-7)8-3-1-2-4-11(8)16/h1-6,16H. The first-order valence-electron chi connectivity index (χ1n) is 4.52. The molecule has 1 N–H and O–H groups in total. The molecule has 0 fully saturated rings. The lowest BCUT2D eigenvalue weighted by molar-refractivity contribution is 0.475. The first kappa shape index (κ1) is 10.5. The highest BCUT2D eigenvalue weighted by atomic mass is 19.1. The SMILES string of the molecule is Oc1ccccc1-c1c(F)cc(F)cc1F. The van der Waals surface area contributed by atoms with E-state index in [1.807, 2.05) is 0 Å². The van der Waals surface area contributed by atoms with Crippen LogP contribution in [0.25, 0.3) is 11.1 Å². The highest BCUT2D eigenvalue weighted by molar-refractivity contribution is 5.70. The number of hydrogen-bond acceptors (Lipinski definition) is 1. The Morgan fingerprint density at radius 2 is 1.44 bits per heavy atom. The predicted molar refractivity (Wildman–Crippen MR) is 53.4 cm³/mol. The maximum Gasteiger partial charge on any atom is 0.137 e. The molecule has 2 aromatic carbocycles. The normalized spacial score (nSPS) is 10.4. The molecule has 0 aliphatic carbocycles. The van der Waals surface area contributed by atoms with Crippen molar-refractivity contribution in [3.05, 3.63) is 53.8 Å². The van der Waals surface area contributed by atoms with Crippen LogP contribution in [0.3, 0.4) is 0 Å². The summed E-state index contributed by atoms with van der Waals surface area (Å²) in [7, 11) is 0. The third kappa shape index (κ3) is 1.74. The fraction of sp³-hybridized carbons (Fsp3) is 0. The fourth-order valence-electron chi connectivity index (χ4n) is 1.48. The Kier molecular flexibility index (Phi) is 2.56. The van der Waals surface area contributed by atoms with E-state index >= 15 is 0 Å². The Morgan fingerprint density at radius 3 is 2.00 bits per heavy atom. The quantitative estimate of drug-likeness (QED) is 0.786. The molecule has 16 heavy (non-hydrogen) atoms. The maximum absolute atomic E-state index is 13.4. The molecule has 1 nitrogen and oxygen atoms in total. The van der Waals surface area contributed by atoms with E-state index in [1.165, 1.54) is 24.3 Å². The summed E-state index contributed by atoms with van der Waals surface area (Å²) in [6, 6.07) is 6.86. The zero-order valence-electron chi connectivity index (χ0n) is 8.05. The minimum Gasteiger partial charge on any atom is -0.507 e. The second-order valence-corrected chi connectivity index (χ2v) is 3.26. The molecular formula is C12H7F3O. The van der Waals surface area contributed by atoms with Gasteiger partial charge in [0, 0.05) is 17.7 Å². The smallest absolute Gasteiger partial charge is 0.137 e. The van der Waals surface area contributed by atoms with Crippen LogP contribution in [0, 0.1) is 17.5 Å². The zero-order valence-corrected chi connectivity index (χ0v) is 8.05. The maximum atomic E-state index is 13.4. The van der Waals surface area contributed by atoms with Crippen molar-refractivity contribution in [3.63, 3.8) is 0 Å². The van der Waals surface area contributed by atoms with Crippen molar-refractivity contribution >= 4 is 0 Å². The number of para-hydroxylation sites is 1. The minimum absolute atomic E-state index is 0.00231. The summed E-state index contributed by atoms with van der Waals surface area (Å²) in [6.45, 7) is 0. The number of hydrogen-bond donors (Lipinski definition) is 1. The number of halogens is 3. The second-order valence-electron chi connectivity index (χ2n) is 3.26. The van der Waals surface area contributed by atoms with Gasteiger partial charge in [-0.2, -0.15) is 0 Å². The molecule has 0 atom stereocenters.